The molecule has 0 spiro atoms. The molecule has 0 unspecified atom stereocenters. The lowest BCUT2D eigenvalue weighted by atomic mass is 9.76. The predicted octanol–water partition coefficient (Wildman–Crippen LogP) is 6.50. The Hall–Kier alpha value is -3.31. The van der Waals surface area contributed by atoms with E-state index in [1.54, 1.807) is 18.2 Å². The first-order chi connectivity index (χ1) is 17.0. The monoisotopic (exact) mass is 505 g/mol. The van der Waals surface area contributed by atoms with Gasteiger partial charge in [-0.15, -0.1) is 0 Å². The molecule has 0 aromatic heterocycles. The maximum atomic E-state index is 13.0. The van der Waals surface area contributed by atoms with Crippen LogP contribution in [-0.2, 0) is 15.1 Å². The molecular formula is C29H25Cl2NO3. The van der Waals surface area contributed by atoms with Crippen molar-refractivity contribution in [1.29, 1.82) is 0 Å². The van der Waals surface area contributed by atoms with Crippen molar-refractivity contribution >= 4 is 29.2 Å². The van der Waals surface area contributed by atoms with Crippen molar-refractivity contribution in [2.75, 3.05) is 13.7 Å². The fourth-order valence-electron chi connectivity index (χ4n) is 4.15. The Kier molecular flexibility index (Phi) is 8.09. The Labute approximate surface area is 215 Å². The molecule has 0 amide bonds. The van der Waals surface area contributed by atoms with Crippen molar-refractivity contribution in [2.24, 2.45) is 0 Å². The number of carbonyl (C=O) groups is 1. The number of hydrogen-bond donors (Lipinski definition) is 1. The molecule has 0 saturated heterocycles. The molecule has 35 heavy (non-hydrogen) atoms. The summed E-state index contributed by atoms with van der Waals surface area (Å²) >= 11 is 12.3. The number of halogens is 2. The lowest BCUT2D eigenvalue weighted by Crippen LogP contribution is -2.55. The van der Waals surface area contributed by atoms with Crippen molar-refractivity contribution in [2.45, 2.75) is 11.6 Å². The molecule has 0 heterocycles. The summed E-state index contributed by atoms with van der Waals surface area (Å²) in [6.07, 6.45) is 0. The lowest BCUT2D eigenvalue weighted by molar-refractivity contribution is -0.144. The van der Waals surface area contributed by atoms with Crippen LogP contribution in [0.1, 0.15) is 16.7 Å². The van der Waals surface area contributed by atoms with Crippen LogP contribution in [0, 0.1) is 0 Å². The molecule has 0 saturated carbocycles. The number of esters is 1. The van der Waals surface area contributed by atoms with Crippen LogP contribution in [0.15, 0.2) is 109 Å². The molecule has 0 aliphatic rings. The molecule has 4 rings (SSSR count). The van der Waals surface area contributed by atoms with Crippen LogP contribution in [-0.4, -0.2) is 25.7 Å². The second-order valence-electron chi connectivity index (χ2n) is 7.95. The Bertz CT molecular complexity index is 1150. The van der Waals surface area contributed by atoms with Gasteiger partial charge in [-0.3, -0.25) is 10.1 Å². The molecule has 0 aliphatic heterocycles. The van der Waals surface area contributed by atoms with E-state index in [1.165, 1.54) is 7.11 Å². The van der Waals surface area contributed by atoms with Crippen molar-refractivity contribution in [3.63, 3.8) is 0 Å². The minimum atomic E-state index is -0.865. The van der Waals surface area contributed by atoms with E-state index in [4.69, 9.17) is 32.7 Å². The fraction of sp³-hybridized carbons (Fsp3) is 0.138. The number of methoxy groups -OCH3 is 1. The number of hydrogen-bond acceptors (Lipinski definition) is 4. The topological polar surface area (TPSA) is 47.6 Å². The number of benzene rings is 4. The summed E-state index contributed by atoms with van der Waals surface area (Å²) in [6, 6.07) is 34.2. The van der Waals surface area contributed by atoms with Gasteiger partial charge in [0.1, 0.15) is 18.4 Å². The van der Waals surface area contributed by atoms with Gasteiger partial charge >= 0.3 is 5.97 Å². The van der Waals surface area contributed by atoms with Gasteiger partial charge in [0.25, 0.3) is 0 Å². The molecule has 6 heteroatoms. The third-order valence-corrected chi connectivity index (χ3v) is 6.33. The summed E-state index contributed by atoms with van der Waals surface area (Å²) in [5, 5.41) is 4.46. The summed E-state index contributed by atoms with van der Waals surface area (Å²) in [6.45, 7) is -0.0116. The highest BCUT2D eigenvalue weighted by atomic mass is 35.5. The van der Waals surface area contributed by atoms with Gasteiger partial charge < -0.3 is 9.47 Å². The van der Waals surface area contributed by atoms with Gasteiger partial charge in [-0.2, -0.15) is 0 Å². The molecule has 1 N–H and O–H groups in total. The standard InChI is InChI=1S/C29H25Cl2NO3/c1-34-28(33)26(20-35-27-18-17-24(30)19-25(27)31)32-29(21-11-5-2-6-12-21,22-13-7-3-8-14-22)23-15-9-4-10-16-23/h2-19,26,32H,20H2,1H3/t26-/m0/s1. The van der Waals surface area contributed by atoms with Gasteiger partial charge in [0, 0.05) is 5.02 Å². The smallest absolute Gasteiger partial charge is 0.326 e. The first-order valence-electron chi connectivity index (χ1n) is 11.1. The highest BCUT2D eigenvalue weighted by Crippen LogP contribution is 2.37. The summed E-state index contributed by atoms with van der Waals surface area (Å²) in [4.78, 5) is 13.0. The average Bonchev–Trinajstić information content (AvgIpc) is 2.91. The highest BCUT2D eigenvalue weighted by molar-refractivity contribution is 6.35. The molecule has 4 aromatic rings. The normalized spacial score (nSPS) is 12.1. The third kappa shape index (κ3) is 5.51. The Morgan fingerprint density at radius 3 is 1.71 bits per heavy atom. The molecule has 4 aromatic carbocycles. The van der Waals surface area contributed by atoms with Gasteiger partial charge in [0.2, 0.25) is 0 Å². The van der Waals surface area contributed by atoms with E-state index in [2.05, 4.69) is 5.32 Å². The number of nitrogens with one attached hydrogen (secondary N) is 1. The lowest BCUT2D eigenvalue weighted by Gasteiger charge is -2.39. The van der Waals surface area contributed by atoms with E-state index in [1.807, 2.05) is 91.0 Å². The van der Waals surface area contributed by atoms with Crippen LogP contribution in [0.2, 0.25) is 10.0 Å². The van der Waals surface area contributed by atoms with Gasteiger partial charge in [0.05, 0.1) is 17.7 Å². The van der Waals surface area contributed by atoms with Gasteiger partial charge in [-0.25, -0.2) is 0 Å². The van der Waals surface area contributed by atoms with Crippen LogP contribution in [0.5, 0.6) is 5.75 Å². The SMILES string of the molecule is COC(=O)[C@H](COc1ccc(Cl)cc1Cl)NC(c1ccccc1)(c1ccccc1)c1ccccc1. The maximum Gasteiger partial charge on any atom is 0.326 e. The maximum absolute atomic E-state index is 13.0. The highest BCUT2D eigenvalue weighted by Gasteiger charge is 2.40. The van der Waals surface area contributed by atoms with Crippen molar-refractivity contribution in [3.05, 3.63) is 136 Å². The summed E-state index contributed by atoms with van der Waals surface area (Å²) in [7, 11) is 1.36. The predicted molar refractivity (Wildman–Crippen MR) is 140 cm³/mol. The zero-order valence-electron chi connectivity index (χ0n) is 19.2. The molecule has 1 atom stereocenters. The molecule has 4 nitrogen and oxygen atoms in total. The van der Waals surface area contributed by atoms with E-state index in [-0.39, 0.29) is 6.61 Å². The molecule has 178 valence electrons. The second-order valence-corrected chi connectivity index (χ2v) is 8.80. The zero-order chi connectivity index (χ0) is 24.7. The minimum Gasteiger partial charge on any atom is -0.490 e. The molecule has 0 bridgehead atoms. The van der Waals surface area contributed by atoms with Gasteiger partial charge in [-0.05, 0) is 34.9 Å². The Morgan fingerprint density at radius 1 is 0.800 bits per heavy atom. The van der Waals surface area contributed by atoms with Crippen LogP contribution >= 0.6 is 23.2 Å². The van der Waals surface area contributed by atoms with Crippen molar-refractivity contribution in [1.82, 2.24) is 5.32 Å². The molecular weight excluding hydrogens is 481 g/mol. The fourth-order valence-corrected chi connectivity index (χ4v) is 4.62. The third-order valence-electron chi connectivity index (χ3n) is 5.80. The number of ether oxygens (including phenoxy) is 2. The van der Waals surface area contributed by atoms with Crippen LogP contribution in [0.3, 0.4) is 0 Å². The van der Waals surface area contributed by atoms with Crippen molar-refractivity contribution < 1.29 is 14.3 Å². The largest absolute Gasteiger partial charge is 0.490 e. The van der Waals surface area contributed by atoms with Crippen LogP contribution in [0.25, 0.3) is 0 Å². The Balaban J connectivity index is 1.81. The molecule has 0 fully saturated rings. The van der Waals surface area contributed by atoms with Crippen molar-refractivity contribution in [3.8, 4) is 5.75 Å². The average molecular weight is 506 g/mol. The van der Waals surface area contributed by atoms with E-state index in [9.17, 15) is 4.79 Å². The van der Waals surface area contributed by atoms with Crippen LogP contribution in [0.4, 0.5) is 0 Å². The summed E-state index contributed by atoms with van der Waals surface area (Å²) in [5.74, 6) is -0.0289. The van der Waals surface area contributed by atoms with E-state index < -0.39 is 17.6 Å². The second kappa shape index (κ2) is 11.4. The number of carbonyl (C=O) groups excluding carboxylic acids is 1. The van der Waals surface area contributed by atoms with E-state index >= 15 is 0 Å². The van der Waals surface area contributed by atoms with Gasteiger partial charge in [-0.1, -0.05) is 114 Å². The van der Waals surface area contributed by atoms with E-state index in [0.29, 0.717) is 15.8 Å². The van der Waals surface area contributed by atoms with Crippen LogP contribution < -0.4 is 10.1 Å². The Morgan fingerprint density at radius 2 is 1.29 bits per heavy atom. The zero-order valence-corrected chi connectivity index (χ0v) is 20.7. The molecule has 0 aliphatic carbocycles. The quantitative estimate of drug-likeness (QED) is 0.208. The number of rotatable bonds is 9. The summed E-state index contributed by atoms with van der Waals surface area (Å²) < 4.78 is 11.1. The first kappa shape index (κ1) is 24.8. The summed E-state index contributed by atoms with van der Waals surface area (Å²) in [5.41, 5.74) is 2.04. The van der Waals surface area contributed by atoms with E-state index in [0.717, 1.165) is 16.7 Å². The minimum absolute atomic E-state index is 0.0116. The van der Waals surface area contributed by atoms with Gasteiger partial charge in [0.15, 0.2) is 0 Å². The first-order valence-corrected chi connectivity index (χ1v) is 11.9. The molecule has 0 radical (unpaired) electrons.